The summed E-state index contributed by atoms with van der Waals surface area (Å²) in [6, 6.07) is 4.10. The first kappa shape index (κ1) is 13.6. The molecule has 1 aliphatic rings. The average Bonchev–Trinajstić information content (AvgIpc) is 2.96. The molecular weight excluding hydrogens is 270 g/mol. The highest BCUT2D eigenvalue weighted by Gasteiger charge is 2.24. The second kappa shape index (κ2) is 5.97. The van der Waals surface area contributed by atoms with Gasteiger partial charge in [-0.05, 0) is 36.8 Å². The fraction of sp³-hybridized carbons (Fsp3) is 0.533. The summed E-state index contributed by atoms with van der Waals surface area (Å²) in [5, 5.41) is 12.9. The van der Waals surface area contributed by atoms with Gasteiger partial charge >= 0.3 is 0 Å². The molecule has 2 atom stereocenters. The van der Waals surface area contributed by atoms with Gasteiger partial charge in [0.2, 0.25) is 0 Å². The van der Waals surface area contributed by atoms with Crippen molar-refractivity contribution in [1.82, 2.24) is 4.98 Å². The Bertz CT molecular complexity index is 584. The zero-order chi connectivity index (χ0) is 13.9. The number of aromatic nitrogens is 1. The predicted octanol–water partition coefficient (Wildman–Crippen LogP) is 3.09. The molecule has 1 aromatic heterocycles. The van der Waals surface area contributed by atoms with Crippen LogP contribution in [0.15, 0.2) is 17.6 Å². The van der Waals surface area contributed by atoms with E-state index in [1.54, 1.807) is 11.3 Å². The van der Waals surface area contributed by atoms with Crippen molar-refractivity contribution in [2.24, 2.45) is 11.8 Å². The van der Waals surface area contributed by atoms with E-state index in [4.69, 9.17) is 5.73 Å². The van der Waals surface area contributed by atoms with Crippen LogP contribution >= 0.6 is 11.3 Å². The van der Waals surface area contributed by atoms with Crippen molar-refractivity contribution in [3.8, 4) is 0 Å². The third kappa shape index (κ3) is 2.60. The van der Waals surface area contributed by atoms with Crippen LogP contribution in [0.2, 0.25) is 0 Å². The molecule has 108 valence electrons. The summed E-state index contributed by atoms with van der Waals surface area (Å²) in [6.07, 6.45) is 4.85. The van der Waals surface area contributed by atoms with E-state index in [0.717, 1.165) is 34.6 Å². The van der Waals surface area contributed by atoms with E-state index in [9.17, 15) is 5.11 Å². The molecular formula is C15H21N3OS. The third-order valence-electron chi connectivity index (χ3n) is 4.40. The Kier molecular flexibility index (Phi) is 4.08. The highest BCUT2D eigenvalue weighted by Crippen LogP contribution is 2.33. The summed E-state index contributed by atoms with van der Waals surface area (Å²) in [4.78, 5) is 4.32. The lowest BCUT2D eigenvalue weighted by Gasteiger charge is -2.30. The summed E-state index contributed by atoms with van der Waals surface area (Å²) >= 11 is 1.61. The number of nitrogens with one attached hydrogen (secondary N) is 1. The highest BCUT2D eigenvalue weighted by atomic mass is 32.1. The molecule has 2 unspecified atom stereocenters. The molecule has 1 saturated carbocycles. The van der Waals surface area contributed by atoms with Crippen molar-refractivity contribution in [2.45, 2.75) is 25.7 Å². The number of rotatable bonds is 4. The van der Waals surface area contributed by atoms with Gasteiger partial charge in [-0.3, -0.25) is 0 Å². The fourth-order valence-electron chi connectivity index (χ4n) is 3.14. The number of aliphatic hydroxyl groups is 1. The molecule has 0 bridgehead atoms. The standard InChI is InChI=1S/C15H21N3OS/c16-14-12(5-6-13-15(14)18-9-20-13)17-7-10-3-1-2-4-11(10)8-19/h5-6,9-11,17,19H,1-4,7-8,16H2. The molecule has 1 aromatic carbocycles. The Balaban J connectivity index is 1.71. The molecule has 1 aliphatic carbocycles. The predicted molar refractivity (Wildman–Crippen MR) is 85.1 cm³/mol. The van der Waals surface area contributed by atoms with Crippen molar-refractivity contribution >= 4 is 32.9 Å². The van der Waals surface area contributed by atoms with Gasteiger partial charge in [0.15, 0.2) is 0 Å². The molecule has 1 fully saturated rings. The minimum atomic E-state index is 0.299. The monoisotopic (exact) mass is 291 g/mol. The highest BCUT2D eigenvalue weighted by molar-refractivity contribution is 7.16. The van der Waals surface area contributed by atoms with E-state index in [2.05, 4.69) is 16.4 Å². The average molecular weight is 291 g/mol. The minimum absolute atomic E-state index is 0.299. The van der Waals surface area contributed by atoms with Crippen molar-refractivity contribution in [3.63, 3.8) is 0 Å². The maximum atomic E-state index is 9.47. The molecule has 0 radical (unpaired) electrons. The van der Waals surface area contributed by atoms with Gasteiger partial charge in [0.05, 0.1) is 21.6 Å². The normalized spacial score (nSPS) is 23.1. The van der Waals surface area contributed by atoms with E-state index in [0.29, 0.717) is 18.4 Å². The summed E-state index contributed by atoms with van der Waals surface area (Å²) in [6.45, 7) is 1.18. The van der Waals surface area contributed by atoms with Gasteiger partial charge in [0.25, 0.3) is 0 Å². The number of hydrogen-bond donors (Lipinski definition) is 3. The van der Waals surface area contributed by atoms with E-state index in [1.807, 2.05) is 11.6 Å². The lowest BCUT2D eigenvalue weighted by Crippen LogP contribution is -2.28. The second-order valence-corrected chi connectivity index (χ2v) is 6.48. The molecule has 20 heavy (non-hydrogen) atoms. The van der Waals surface area contributed by atoms with E-state index in [1.165, 1.54) is 19.3 Å². The van der Waals surface area contributed by atoms with Crippen LogP contribution in [0.3, 0.4) is 0 Å². The number of benzene rings is 1. The lowest BCUT2D eigenvalue weighted by atomic mass is 9.79. The zero-order valence-corrected chi connectivity index (χ0v) is 12.3. The Hall–Kier alpha value is -1.33. The molecule has 1 heterocycles. The molecule has 0 amide bonds. The lowest BCUT2D eigenvalue weighted by molar-refractivity contribution is 0.141. The zero-order valence-electron chi connectivity index (χ0n) is 11.5. The smallest absolute Gasteiger partial charge is 0.106 e. The van der Waals surface area contributed by atoms with Gasteiger partial charge in [-0.2, -0.15) is 0 Å². The van der Waals surface area contributed by atoms with Crippen LogP contribution in [0.25, 0.3) is 10.2 Å². The van der Waals surface area contributed by atoms with Gasteiger partial charge in [0, 0.05) is 13.2 Å². The maximum absolute atomic E-state index is 9.47. The number of hydrogen-bond acceptors (Lipinski definition) is 5. The van der Waals surface area contributed by atoms with Crippen LogP contribution in [0, 0.1) is 11.8 Å². The van der Waals surface area contributed by atoms with Crippen molar-refractivity contribution in [1.29, 1.82) is 0 Å². The quantitative estimate of drug-likeness (QED) is 0.757. The Morgan fingerprint density at radius 3 is 2.90 bits per heavy atom. The largest absolute Gasteiger partial charge is 0.396 e. The Morgan fingerprint density at radius 2 is 2.10 bits per heavy atom. The number of nitrogens with zero attached hydrogens (tertiary/aromatic N) is 1. The van der Waals surface area contributed by atoms with Gasteiger partial charge in [-0.15, -0.1) is 11.3 Å². The molecule has 0 spiro atoms. The number of thiazole rings is 1. The molecule has 4 N–H and O–H groups in total. The molecule has 0 aliphatic heterocycles. The first-order chi connectivity index (χ1) is 9.79. The van der Waals surface area contributed by atoms with Crippen LogP contribution in [-0.4, -0.2) is 23.2 Å². The van der Waals surface area contributed by atoms with Crippen LogP contribution < -0.4 is 11.1 Å². The number of anilines is 2. The van der Waals surface area contributed by atoms with E-state index in [-0.39, 0.29) is 0 Å². The molecule has 3 rings (SSSR count). The fourth-order valence-corrected chi connectivity index (χ4v) is 3.83. The first-order valence-electron chi connectivity index (χ1n) is 7.26. The number of nitrogens with two attached hydrogens (primary N) is 1. The van der Waals surface area contributed by atoms with Crippen LogP contribution in [-0.2, 0) is 0 Å². The number of fused-ring (bicyclic) bond motifs is 1. The van der Waals surface area contributed by atoms with E-state index >= 15 is 0 Å². The molecule has 5 heteroatoms. The van der Waals surface area contributed by atoms with Gasteiger partial charge in [-0.25, -0.2) is 4.98 Å². The van der Waals surface area contributed by atoms with Crippen LogP contribution in [0.1, 0.15) is 25.7 Å². The molecule has 4 nitrogen and oxygen atoms in total. The van der Waals surface area contributed by atoms with Crippen molar-refractivity contribution in [2.75, 3.05) is 24.2 Å². The van der Waals surface area contributed by atoms with Gasteiger partial charge in [-0.1, -0.05) is 12.8 Å². The summed E-state index contributed by atoms with van der Waals surface area (Å²) in [5.74, 6) is 0.972. The van der Waals surface area contributed by atoms with Crippen LogP contribution in [0.4, 0.5) is 11.4 Å². The van der Waals surface area contributed by atoms with Crippen molar-refractivity contribution in [3.05, 3.63) is 17.6 Å². The third-order valence-corrected chi connectivity index (χ3v) is 5.19. The van der Waals surface area contributed by atoms with Gasteiger partial charge in [0.1, 0.15) is 5.52 Å². The molecule has 2 aromatic rings. The first-order valence-corrected chi connectivity index (χ1v) is 8.14. The van der Waals surface area contributed by atoms with Crippen LogP contribution in [0.5, 0.6) is 0 Å². The number of nitrogen functional groups attached to an aromatic ring is 1. The SMILES string of the molecule is Nc1c(NCC2CCCCC2CO)ccc2scnc12. The van der Waals surface area contributed by atoms with Crippen molar-refractivity contribution < 1.29 is 5.11 Å². The summed E-state index contributed by atoms with van der Waals surface area (Å²) in [5.41, 5.74) is 10.6. The summed E-state index contributed by atoms with van der Waals surface area (Å²) in [7, 11) is 0. The Morgan fingerprint density at radius 1 is 1.30 bits per heavy atom. The van der Waals surface area contributed by atoms with E-state index < -0.39 is 0 Å². The topological polar surface area (TPSA) is 71.2 Å². The van der Waals surface area contributed by atoms with Gasteiger partial charge < -0.3 is 16.2 Å². The number of aliphatic hydroxyl groups excluding tert-OH is 1. The maximum Gasteiger partial charge on any atom is 0.106 e. The molecule has 0 saturated heterocycles. The second-order valence-electron chi connectivity index (χ2n) is 5.59. The minimum Gasteiger partial charge on any atom is -0.396 e. The Labute approximate surface area is 123 Å². The summed E-state index contributed by atoms with van der Waals surface area (Å²) < 4.78 is 1.12.